The molecule has 0 amide bonds. The molecule has 1 aromatic rings. The van der Waals surface area contributed by atoms with Crippen molar-refractivity contribution >= 4 is 17.2 Å². The van der Waals surface area contributed by atoms with Crippen molar-refractivity contribution in [3.05, 3.63) is 47.6 Å². The number of carboxylic acid groups (broad SMARTS) is 1. The Hall–Kier alpha value is -2.03. The standard InChI is InChI=1S/C13H13NO2/c14-12-7-6-10(8-11(12)13(15)16)9-4-2-1-3-5-9/h2,4-8H,1,3,14H2,(H,15,16). The average molecular weight is 215 g/mol. The van der Waals surface area contributed by atoms with Crippen LogP contribution in [0.3, 0.4) is 0 Å². The number of nitrogen functional groups attached to an aromatic ring is 1. The number of nitrogens with two attached hydrogens (primary N) is 1. The molecule has 0 unspecified atom stereocenters. The normalized spacial score (nSPS) is 14.6. The number of hydrogen-bond acceptors (Lipinski definition) is 2. The van der Waals surface area contributed by atoms with Crippen LogP contribution in [0.4, 0.5) is 5.69 Å². The second-order valence-electron chi connectivity index (χ2n) is 3.75. The molecule has 2 rings (SSSR count). The maximum absolute atomic E-state index is 10.9. The Morgan fingerprint density at radius 1 is 1.31 bits per heavy atom. The van der Waals surface area contributed by atoms with Crippen molar-refractivity contribution in [2.24, 2.45) is 0 Å². The van der Waals surface area contributed by atoms with E-state index in [1.54, 1.807) is 12.1 Å². The molecule has 0 spiro atoms. The van der Waals surface area contributed by atoms with Crippen molar-refractivity contribution in [1.29, 1.82) is 0 Å². The number of aromatic carboxylic acids is 1. The molecule has 1 aliphatic rings. The van der Waals surface area contributed by atoms with Crippen molar-refractivity contribution in [3.8, 4) is 0 Å². The topological polar surface area (TPSA) is 63.3 Å². The Morgan fingerprint density at radius 3 is 2.75 bits per heavy atom. The van der Waals surface area contributed by atoms with E-state index in [1.807, 2.05) is 12.1 Å². The highest BCUT2D eigenvalue weighted by molar-refractivity contribution is 5.95. The Kier molecular flexibility index (Phi) is 2.77. The molecule has 16 heavy (non-hydrogen) atoms. The van der Waals surface area contributed by atoms with Crippen LogP contribution in [-0.2, 0) is 0 Å². The highest BCUT2D eigenvalue weighted by Crippen LogP contribution is 2.24. The Labute approximate surface area is 93.9 Å². The van der Waals surface area contributed by atoms with Gasteiger partial charge in [-0.05, 0) is 36.1 Å². The fourth-order valence-corrected chi connectivity index (χ4v) is 1.75. The predicted molar refractivity (Wildman–Crippen MR) is 64.2 cm³/mol. The highest BCUT2D eigenvalue weighted by Gasteiger charge is 2.10. The second kappa shape index (κ2) is 4.23. The van der Waals surface area contributed by atoms with Gasteiger partial charge in [0.05, 0.1) is 5.56 Å². The molecule has 0 bridgehead atoms. The van der Waals surface area contributed by atoms with Crippen LogP contribution in [0.1, 0.15) is 28.8 Å². The van der Waals surface area contributed by atoms with Crippen LogP contribution < -0.4 is 5.73 Å². The van der Waals surface area contributed by atoms with Crippen LogP contribution in [0.25, 0.3) is 5.57 Å². The molecular formula is C13H13NO2. The van der Waals surface area contributed by atoms with E-state index in [1.165, 1.54) is 0 Å². The lowest BCUT2D eigenvalue weighted by Crippen LogP contribution is -2.03. The van der Waals surface area contributed by atoms with Gasteiger partial charge in [-0.1, -0.05) is 24.3 Å². The number of rotatable bonds is 2. The van der Waals surface area contributed by atoms with Crippen molar-refractivity contribution in [3.63, 3.8) is 0 Å². The van der Waals surface area contributed by atoms with Crippen LogP contribution in [0.15, 0.2) is 36.4 Å². The average Bonchev–Trinajstić information content (AvgIpc) is 2.30. The van der Waals surface area contributed by atoms with Crippen LogP contribution in [0.5, 0.6) is 0 Å². The fraction of sp³-hybridized carbons (Fsp3) is 0.154. The fourth-order valence-electron chi connectivity index (χ4n) is 1.75. The zero-order chi connectivity index (χ0) is 11.5. The summed E-state index contributed by atoms with van der Waals surface area (Å²) in [4.78, 5) is 10.9. The van der Waals surface area contributed by atoms with E-state index < -0.39 is 5.97 Å². The third-order valence-electron chi connectivity index (χ3n) is 2.61. The molecule has 0 aliphatic heterocycles. The molecule has 0 saturated heterocycles. The predicted octanol–water partition coefficient (Wildman–Crippen LogP) is 2.70. The first-order valence-electron chi connectivity index (χ1n) is 5.18. The minimum atomic E-state index is -0.986. The van der Waals surface area contributed by atoms with E-state index in [0.29, 0.717) is 5.69 Å². The lowest BCUT2D eigenvalue weighted by molar-refractivity contribution is 0.0698. The number of benzene rings is 1. The molecule has 0 heterocycles. The van der Waals surface area contributed by atoms with Gasteiger partial charge in [0.15, 0.2) is 0 Å². The summed E-state index contributed by atoms with van der Waals surface area (Å²) in [5.74, 6) is -0.986. The summed E-state index contributed by atoms with van der Waals surface area (Å²) < 4.78 is 0. The molecule has 1 aromatic carbocycles. The molecule has 0 aromatic heterocycles. The van der Waals surface area contributed by atoms with E-state index in [-0.39, 0.29) is 5.56 Å². The number of allylic oxidation sites excluding steroid dienone is 4. The second-order valence-corrected chi connectivity index (χ2v) is 3.75. The quantitative estimate of drug-likeness (QED) is 0.745. The molecule has 3 heteroatoms. The van der Waals surface area contributed by atoms with Crippen LogP contribution in [-0.4, -0.2) is 11.1 Å². The smallest absolute Gasteiger partial charge is 0.337 e. The van der Waals surface area contributed by atoms with Gasteiger partial charge < -0.3 is 10.8 Å². The summed E-state index contributed by atoms with van der Waals surface area (Å²) in [7, 11) is 0. The number of hydrogen-bond donors (Lipinski definition) is 2. The summed E-state index contributed by atoms with van der Waals surface area (Å²) in [6.45, 7) is 0. The molecule has 3 N–H and O–H groups in total. The Balaban J connectivity index is 2.43. The van der Waals surface area contributed by atoms with Gasteiger partial charge in [-0.25, -0.2) is 4.79 Å². The van der Waals surface area contributed by atoms with E-state index in [9.17, 15) is 4.79 Å². The van der Waals surface area contributed by atoms with Gasteiger partial charge in [-0.3, -0.25) is 0 Å². The maximum Gasteiger partial charge on any atom is 0.337 e. The van der Waals surface area contributed by atoms with E-state index >= 15 is 0 Å². The Morgan fingerprint density at radius 2 is 2.12 bits per heavy atom. The number of anilines is 1. The van der Waals surface area contributed by atoms with E-state index in [0.717, 1.165) is 24.0 Å². The lowest BCUT2D eigenvalue weighted by Gasteiger charge is -2.09. The zero-order valence-corrected chi connectivity index (χ0v) is 8.81. The summed E-state index contributed by atoms with van der Waals surface area (Å²) in [5, 5.41) is 8.97. The molecule has 3 nitrogen and oxygen atoms in total. The van der Waals surface area contributed by atoms with Gasteiger partial charge in [-0.2, -0.15) is 0 Å². The number of carbonyl (C=O) groups is 1. The van der Waals surface area contributed by atoms with Gasteiger partial charge >= 0.3 is 5.97 Å². The molecule has 0 atom stereocenters. The first-order chi connectivity index (χ1) is 7.68. The van der Waals surface area contributed by atoms with Crippen LogP contribution >= 0.6 is 0 Å². The first-order valence-corrected chi connectivity index (χ1v) is 5.18. The molecule has 0 radical (unpaired) electrons. The maximum atomic E-state index is 10.9. The minimum absolute atomic E-state index is 0.164. The first kappa shape index (κ1) is 10.5. The Bertz CT molecular complexity index is 487. The monoisotopic (exact) mass is 215 g/mol. The molecular weight excluding hydrogens is 202 g/mol. The molecule has 0 saturated carbocycles. The van der Waals surface area contributed by atoms with E-state index in [4.69, 9.17) is 10.8 Å². The molecule has 1 aliphatic carbocycles. The largest absolute Gasteiger partial charge is 0.478 e. The summed E-state index contributed by atoms with van der Waals surface area (Å²) in [5.41, 5.74) is 8.04. The highest BCUT2D eigenvalue weighted by atomic mass is 16.4. The van der Waals surface area contributed by atoms with Gasteiger partial charge in [0.2, 0.25) is 0 Å². The van der Waals surface area contributed by atoms with Crippen molar-refractivity contribution in [1.82, 2.24) is 0 Å². The van der Waals surface area contributed by atoms with Gasteiger partial charge in [0, 0.05) is 5.69 Å². The SMILES string of the molecule is Nc1ccc(C2=CCCC=C2)cc1C(=O)O. The minimum Gasteiger partial charge on any atom is -0.478 e. The van der Waals surface area contributed by atoms with Crippen molar-refractivity contribution < 1.29 is 9.90 Å². The third kappa shape index (κ3) is 1.98. The summed E-state index contributed by atoms with van der Waals surface area (Å²) >= 11 is 0. The van der Waals surface area contributed by atoms with Crippen LogP contribution in [0, 0.1) is 0 Å². The van der Waals surface area contributed by atoms with Gasteiger partial charge in [0.1, 0.15) is 0 Å². The summed E-state index contributed by atoms with van der Waals surface area (Å²) in [6.07, 6.45) is 8.26. The zero-order valence-electron chi connectivity index (χ0n) is 8.81. The lowest BCUT2D eigenvalue weighted by atomic mass is 9.97. The summed E-state index contributed by atoms with van der Waals surface area (Å²) in [6, 6.07) is 5.12. The van der Waals surface area contributed by atoms with Gasteiger partial charge in [-0.15, -0.1) is 0 Å². The third-order valence-corrected chi connectivity index (χ3v) is 2.61. The number of carboxylic acids is 1. The van der Waals surface area contributed by atoms with Gasteiger partial charge in [0.25, 0.3) is 0 Å². The van der Waals surface area contributed by atoms with E-state index in [2.05, 4.69) is 12.2 Å². The molecule has 0 fully saturated rings. The molecule has 82 valence electrons. The van der Waals surface area contributed by atoms with Crippen molar-refractivity contribution in [2.45, 2.75) is 12.8 Å². The van der Waals surface area contributed by atoms with Crippen LogP contribution in [0.2, 0.25) is 0 Å². The van der Waals surface area contributed by atoms with Crippen molar-refractivity contribution in [2.75, 3.05) is 5.73 Å².